The van der Waals surface area contributed by atoms with Crippen molar-refractivity contribution in [1.82, 2.24) is 10.2 Å². The molecule has 1 aliphatic rings. The standard InChI is InChI=1S/C17H27N3O3/c1-2-23-16-5-3-15(4-6-16)18-8-7-17(21)19-9-10-20-11-13-22-14-12-20/h3-6,18H,2,7-14H2,1H3,(H,19,21). The number of nitrogens with one attached hydrogen (secondary N) is 2. The topological polar surface area (TPSA) is 62.8 Å². The third-order valence-electron chi connectivity index (χ3n) is 3.70. The molecular formula is C17H27N3O3. The highest BCUT2D eigenvalue weighted by Crippen LogP contribution is 2.15. The first-order valence-electron chi connectivity index (χ1n) is 8.31. The van der Waals surface area contributed by atoms with E-state index in [1.54, 1.807) is 0 Å². The molecule has 6 heteroatoms. The lowest BCUT2D eigenvalue weighted by molar-refractivity contribution is -0.120. The van der Waals surface area contributed by atoms with E-state index < -0.39 is 0 Å². The zero-order valence-corrected chi connectivity index (χ0v) is 13.8. The van der Waals surface area contributed by atoms with Gasteiger partial charge in [0, 0.05) is 44.8 Å². The van der Waals surface area contributed by atoms with Crippen LogP contribution in [-0.4, -0.2) is 63.4 Å². The number of ether oxygens (including phenoxy) is 2. The van der Waals surface area contributed by atoms with Crippen molar-refractivity contribution in [2.45, 2.75) is 13.3 Å². The van der Waals surface area contributed by atoms with E-state index in [1.165, 1.54) is 0 Å². The van der Waals surface area contributed by atoms with Crippen LogP contribution in [0.5, 0.6) is 5.75 Å². The number of hydrogen-bond acceptors (Lipinski definition) is 5. The summed E-state index contributed by atoms with van der Waals surface area (Å²) in [5.41, 5.74) is 0.995. The molecule has 1 fully saturated rings. The summed E-state index contributed by atoms with van der Waals surface area (Å²) >= 11 is 0. The van der Waals surface area contributed by atoms with Gasteiger partial charge in [0.05, 0.1) is 19.8 Å². The summed E-state index contributed by atoms with van der Waals surface area (Å²) in [4.78, 5) is 14.1. The average Bonchev–Trinajstić information content (AvgIpc) is 2.58. The van der Waals surface area contributed by atoms with Crippen molar-refractivity contribution in [2.75, 3.05) is 57.9 Å². The maximum atomic E-state index is 11.8. The number of carbonyl (C=O) groups excluding carboxylic acids is 1. The number of rotatable bonds is 9. The third-order valence-corrected chi connectivity index (χ3v) is 3.70. The van der Waals surface area contributed by atoms with Crippen molar-refractivity contribution in [2.24, 2.45) is 0 Å². The molecule has 0 aromatic heterocycles. The lowest BCUT2D eigenvalue weighted by atomic mass is 10.3. The minimum atomic E-state index is 0.0803. The third kappa shape index (κ3) is 6.88. The SMILES string of the molecule is CCOc1ccc(NCCC(=O)NCCN2CCOCC2)cc1. The minimum Gasteiger partial charge on any atom is -0.494 e. The van der Waals surface area contributed by atoms with Crippen molar-refractivity contribution in [1.29, 1.82) is 0 Å². The van der Waals surface area contributed by atoms with Gasteiger partial charge in [0.25, 0.3) is 0 Å². The van der Waals surface area contributed by atoms with E-state index in [4.69, 9.17) is 9.47 Å². The van der Waals surface area contributed by atoms with E-state index in [0.717, 1.165) is 44.3 Å². The van der Waals surface area contributed by atoms with Gasteiger partial charge in [-0.05, 0) is 31.2 Å². The highest BCUT2D eigenvalue weighted by molar-refractivity contribution is 5.76. The van der Waals surface area contributed by atoms with Crippen LogP contribution in [0.4, 0.5) is 5.69 Å². The van der Waals surface area contributed by atoms with Crippen LogP contribution in [0, 0.1) is 0 Å². The predicted molar refractivity (Wildman–Crippen MR) is 91.0 cm³/mol. The fourth-order valence-electron chi connectivity index (χ4n) is 2.42. The number of anilines is 1. The molecule has 1 saturated heterocycles. The van der Waals surface area contributed by atoms with Gasteiger partial charge in [-0.3, -0.25) is 9.69 Å². The molecule has 6 nitrogen and oxygen atoms in total. The van der Waals surface area contributed by atoms with Gasteiger partial charge in [-0.2, -0.15) is 0 Å². The Kier molecular flexibility index (Phi) is 7.69. The molecule has 0 saturated carbocycles. The Hall–Kier alpha value is -1.79. The van der Waals surface area contributed by atoms with Gasteiger partial charge < -0.3 is 20.1 Å². The van der Waals surface area contributed by atoms with Gasteiger partial charge in [-0.25, -0.2) is 0 Å². The molecule has 1 aromatic carbocycles. The van der Waals surface area contributed by atoms with Gasteiger partial charge in [0.15, 0.2) is 0 Å². The average molecular weight is 321 g/mol. The summed E-state index contributed by atoms with van der Waals surface area (Å²) in [6.07, 6.45) is 0.469. The van der Waals surface area contributed by atoms with E-state index in [9.17, 15) is 4.79 Å². The first-order valence-corrected chi connectivity index (χ1v) is 8.31. The molecule has 0 radical (unpaired) electrons. The molecule has 0 atom stereocenters. The number of morpholine rings is 1. The molecule has 0 unspecified atom stereocenters. The monoisotopic (exact) mass is 321 g/mol. The van der Waals surface area contributed by atoms with Crippen molar-refractivity contribution in [3.63, 3.8) is 0 Å². The van der Waals surface area contributed by atoms with Crippen molar-refractivity contribution >= 4 is 11.6 Å². The zero-order valence-electron chi connectivity index (χ0n) is 13.8. The van der Waals surface area contributed by atoms with E-state index in [-0.39, 0.29) is 5.91 Å². The van der Waals surface area contributed by atoms with Gasteiger partial charge in [0.1, 0.15) is 5.75 Å². The molecule has 2 N–H and O–H groups in total. The molecule has 0 spiro atoms. The molecular weight excluding hydrogens is 294 g/mol. The van der Waals surface area contributed by atoms with Gasteiger partial charge in [0.2, 0.25) is 5.91 Å². The molecule has 1 aliphatic heterocycles. The normalized spacial score (nSPS) is 15.2. The molecule has 0 aliphatic carbocycles. The van der Waals surface area contributed by atoms with Crippen LogP contribution in [-0.2, 0) is 9.53 Å². The lowest BCUT2D eigenvalue weighted by Gasteiger charge is -2.26. The first-order chi connectivity index (χ1) is 11.3. The molecule has 1 amide bonds. The van der Waals surface area contributed by atoms with Crippen LogP contribution in [0.25, 0.3) is 0 Å². The Morgan fingerprint density at radius 3 is 2.65 bits per heavy atom. The zero-order chi connectivity index (χ0) is 16.3. The fraction of sp³-hybridized carbons (Fsp3) is 0.588. The number of benzene rings is 1. The van der Waals surface area contributed by atoms with Gasteiger partial charge >= 0.3 is 0 Å². The molecule has 0 bridgehead atoms. The summed E-state index contributed by atoms with van der Waals surface area (Å²) in [6.45, 7) is 8.33. The van der Waals surface area contributed by atoms with E-state index >= 15 is 0 Å². The Morgan fingerprint density at radius 2 is 1.96 bits per heavy atom. The summed E-state index contributed by atoms with van der Waals surface area (Å²) in [5, 5.41) is 6.20. The Morgan fingerprint density at radius 1 is 1.22 bits per heavy atom. The fourth-order valence-corrected chi connectivity index (χ4v) is 2.42. The number of nitrogens with zero attached hydrogens (tertiary/aromatic N) is 1. The second-order valence-electron chi connectivity index (χ2n) is 5.44. The van der Waals surface area contributed by atoms with Crippen molar-refractivity contribution in [3.8, 4) is 5.75 Å². The Balaban J connectivity index is 1.55. The number of amides is 1. The quantitative estimate of drug-likeness (QED) is 0.718. The molecule has 128 valence electrons. The smallest absolute Gasteiger partial charge is 0.221 e. The van der Waals surface area contributed by atoms with E-state index in [0.29, 0.717) is 26.1 Å². The summed E-state index contributed by atoms with van der Waals surface area (Å²) < 4.78 is 10.7. The molecule has 1 heterocycles. The second kappa shape index (κ2) is 10.1. The second-order valence-corrected chi connectivity index (χ2v) is 5.44. The first kappa shape index (κ1) is 17.6. The summed E-state index contributed by atoms with van der Waals surface area (Å²) in [6, 6.07) is 7.77. The van der Waals surface area contributed by atoms with Gasteiger partial charge in [-0.15, -0.1) is 0 Å². The minimum absolute atomic E-state index is 0.0803. The largest absolute Gasteiger partial charge is 0.494 e. The van der Waals surface area contributed by atoms with Crippen LogP contribution >= 0.6 is 0 Å². The van der Waals surface area contributed by atoms with Crippen molar-refractivity contribution in [3.05, 3.63) is 24.3 Å². The van der Waals surface area contributed by atoms with E-state index in [1.807, 2.05) is 31.2 Å². The van der Waals surface area contributed by atoms with Crippen LogP contribution in [0.3, 0.4) is 0 Å². The van der Waals surface area contributed by atoms with Crippen LogP contribution in [0.15, 0.2) is 24.3 Å². The van der Waals surface area contributed by atoms with Gasteiger partial charge in [-0.1, -0.05) is 0 Å². The predicted octanol–water partition coefficient (Wildman–Crippen LogP) is 1.34. The van der Waals surface area contributed by atoms with Crippen LogP contribution in [0.2, 0.25) is 0 Å². The highest BCUT2D eigenvalue weighted by Gasteiger charge is 2.09. The van der Waals surface area contributed by atoms with Crippen molar-refractivity contribution < 1.29 is 14.3 Å². The molecule has 23 heavy (non-hydrogen) atoms. The maximum absolute atomic E-state index is 11.8. The summed E-state index contributed by atoms with van der Waals surface area (Å²) in [5.74, 6) is 0.940. The van der Waals surface area contributed by atoms with Crippen LogP contribution in [0.1, 0.15) is 13.3 Å². The Bertz CT molecular complexity index is 459. The van der Waals surface area contributed by atoms with E-state index in [2.05, 4.69) is 15.5 Å². The number of carbonyl (C=O) groups is 1. The highest BCUT2D eigenvalue weighted by atomic mass is 16.5. The van der Waals surface area contributed by atoms with Crippen LogP contribution < -0.4 is 15.4 Å². The maximum Gasteiger partial charge on any atom is 0.221 e. The lowest BCUT2D eigenvalue weighted by Crippen LogP contribution is -2.41. The molecule has 1 aromatic rings. The number of hydrogen-bond donors (Lipinski definition) is 2. The molecule has 2 rings (SSSR count). The Labute approximate surface area is 138 Å². The summed E-state index contributed by atoms with van der Waals surface area (Å²) in [7, 11) is 0.